The lowest BCUT2D eigenvalue weighted by molar-refractivity contribution is -0.136. The van der Waals surface area contributed by atoms with E-state index in [1.54, 1.807) is 24.3 Å². The van der Waals surface area contributed by atoms with Gasteiger partial charge in [0.25, 0.3) is 0 Å². The van der Waals surface area contributed by atoms with E-state index < -0.39 is 11.8 Å². The first kappa shape index (κ1) is 16.9. The molecular formula is C19H14BrN3O2. The van der Waals surface area contributed by atoms with Crippen molar-refractivity contribution < 1.29 is 9.59 Å². The molecule has 3 aromatic carbocycles. The Labute approximate surface area is 152 Å². The predicted octanol–water partition coefficient (Wildman–Crippen LogP) is 3.69. The fourth-order valence-corrected chi connectivity index (χ4v) is 2.49. The second-order valence-corrected chi connectivity index (χ2v) is 6.18. The number of hydrogen-bond donors (Lipinski definition) is 2. The van der Waals surface area contributed by atoms with E-state index in [4.69, 9.17) is 0 Å². The molecule has 0 aliphatic heterocycles. The highest BCUT2D eigenvalue weighted by molar-refractivity contribution is 9.10. The average Bonchev–Trinajstić information content (AvgIpc) is 2.63. The van der Waals surface area contributed by atoms with Gasteiger partial charge in [-0.15, -0.1) is 0 Å². The summed E-state index contributed by atoms with van der Waals surface area (Å²) in [6.07, 6.45) is 1.50. The number of carbonyl (C=O) groups excluding carboxylic acids is 2. The highest BCUT2D eigenvalue weighted by Crippen LogP contribution is 2.15. The first-order valence-electron chi connectivity index (χ1n) is 7.50. The van der Waals surface area contributed by atoms with Crippen LogP contribution in [-0.4, -0.2) is 18.0 Å². The van der Waals surface area contributed by atoms with Gasteiger partial charge in [-0.2, -0.15) is 5.10 Å². The molecule has 0 fully saturated rings. The SMILES string of the molecule is O=C(N/N=C\c1ccc2ccccc2c1)C(=O)Nc1ccc(Br)cc1. The van der Waals surface area contributed by atoms with Gasteiger partial charge in [0.15, 0.2) is 0 Å². The number of hydrogen-bond acceptors (Lipinski definition) is 3. The third-order valence-electron chi connectivity index (χ3n) is 3.46. The van der Waals surface area contributed by atoms with Gasteiger partial charge >= 0.3 is 11.8 Å². The maximum absolute atomic E-state index is 11.8. The van der Waals surface area contributed by atoms with Crippen LogP contribution >= 0.6 is 15.9 Å². The zero-order valence-electron chi connectivity index (χ0n) is 13.1. The lowest BCUT2D eigenvalue weighted by atomic mass is 10.1. The van der Waals surface area contributed by atoms with Crippen molar-refractivity contribution in [3.8, 4) is 0 Å². The minimum atomic E-state index is -0.833. The molecule has 3 rings (SSSR count). The molecule has 0 radical (unpaired) electrons. The lowest BCUT2D eigenvalue weighted by Crippen LogP contribution is -2.32. The molecule has 0 aromatic heterocycles. The van der Waals surface area contributed by atoms with Crippen molar-refractivity contribution in [2.24, 2.45) is 5.10 Å². The summed E-state index contributed by atoms with van der Waals surface area (Å²) in [5.74, 6) is -1.61. The van der Waals surface area contributed by atoms with Crippen LogP contribution in [0.4, 0.5) is 5.69 Å². The number of nitrogens with one attached hydrogen (secondary N) is 2. The molecule has 25 heavy (non-hydrogen) atoms. The van der Waals surface area contributed by atoms with E-state index in [0.717, 1.165) is 20.8 Å². The van der Waals surface area contributed by atoms with E-state index in [-0.39, 0.29) is 0 Å². The first-order valence-corrected chi connectivity index (χ1v) is 8.30. The predicted molar refractivity (Wildman–Crippen MR) is 102 cm³/mol. The highest BCUT2D eigenvalue weighted by Gasteiger charge is 2.12. The normalized spacial score (nSPS) is 10.8. The molecule has 0 aliphatic carbocycles. The molecule has 0 unspecified atom stereocenters. The standard InChI is InChI=1S/C19H14BrN3O2/c20-16-7-9-17(10-8-16)22-18(24)19(25)23-21-12-13-5-6-14-3-1-2-4-15(14)11-13/h1-12H,(H,22,24)(H,23,25)/b21-12-. The van der Waals surface area contributed by atoms with Crippen LogP contribution in [0.15, 0.2) is 76.3 Å². The number of halogens is 1. The molecule has 0 bridgehead atoms. The van der Waals surface area contributed by atoms with E-state index >= 15 is 0 Å². The van der Waals surface area contributed by atoms with Gasteiger partial charge in [0.05, 0.1) is 6.21 Å². The average molecular weight is 396 g/mol. The van der Waals surface area contributed by atoms with Gasteiger partial charge in [-0.25, -0.2) is 5.43 Å². The topological polar surface area (TPSA) is 70.6 Å². The summed E-state index contributed by atoms with van der Waals surface area (Å²) in [4.78, 5) is 23.6. The van der Waals surface area contributed by atoms with Crippen molar-refractivity contribution in [1.29, 1.82) is 0 Å². The van der Waals surface area contributed by atoms with Crippen molar-refractivity contribution >= 4 is 50.4 Å². The number of anilines is 1. The van der Waals surface area contributed by atoms with E-state index in [9.17, 15) is 9.59 Å². The molecule has 0 saturated carbocycles. The van der Waals surface area contributed by atoms with E-state index in [0.29, 0.717) is 5.69 Å². The van der Waals surface area contributed by atoms with Crippen LogP contribution in [0.2, 0.25) is 0 Å². The Morgan fingerprint density at radius 3 is 2.36 bits per heavy atom. The van der Waals surface area contributed by atoms with Gasteiger partial charge in [0.1, 0.15) is 0 Å². The maximum Gasteiger partial charge on any atom is 0.329 e. The molecule has 2 amide bonds. The summed E-state index contributed by atoms with van der Waals surface area (Å²) in [5, 5.41) is 8.53. The molecule has 2 N–H and O–H groups in total. The van der Waals surface area contributed by atoms with Crippen LogP contribution in [-0.2, 0) is 9.59 Å². The van der Waals surface area contributed by atoms with E-state index in [1.165, 1.54) is 6.21 Å². The number of benzene rings is 3. The molecular weight excluding hydrogens is 382 g/mol. The van der Waals surface area contributed by atoms with Gasteiger partial charge in [0, 0.05) is 10.2 Å². The monoisotopic (exact) mass is 395 g/mol. The zero-order chi connectivity index (χ0) is 17.6. The Morgan fingerprint density at radius 1 is 0.880 bits per heavy atom. The molecule has 124 valence electrons. The molecule has 0 heterocycles. The third kappa shape index (κ3) is 4.51. The summed E-state index contributed by atoms with van der Waals surface area (Å²) in [6, 6.07) is 20.7. The van der Waals surface area contributed by atoms with E-state index in [2.05, 4.69) is 31.8 Å². The largest absolute Gasteiger partial charge is 0.329 e. The molecule has 3 aromatic rings. The van der Waals surface area contributed by atoms with E-state index in [1.807, 2.05) is 42.5 Å². The van der Waals surface area contributed by atoms with Crippen LogP contribution in [0.5, 0.6) is 0 Å². The molecule has 0 spiro atoms. The summed E-state index contributed by atoms with van der Waals surface area (Å²) in [6.45, 7) is 0. The molecule has 0 aliphatic rings. The maximum atomic E-state index is 11.8. The number of fused-ring (bicyclic) bond motifs is 1. The second kappa shape index (κ2) is 7.72. The molecule has 5 nitrogen and oxygen atoms in total. The Kier molecular flexibility index (Phi) is 5.20. The molecule has 6 heteroatoms. The van der Waals surface area contributed by atoms with Gasteiger partial charge in [0.2, 0.25) is 0 Å². The minimum absolute atomic E-state index is 0.529. The van der Waals surface area contributed by atoms with Crippen molar-refractivity contribution in [3.63, 3.8) is 0 Å². The Bertz CT molecular complexity index is 952. The number of carbonyl (C=O) groups is 2. The molecule has 0 atom stereocenters. The number of rotatable bonds is 3. The number of amides is 2. The number of hydrazone groups is 1. The van der Waals surface area contributed by atoms with Crippen LogP contribution in [0, 0.1) is 0 Å². The van der Waals surface area contributed by atoms with Crippen molar-refractivity contribution in [2.45, 2.75) is 0 Å². The summed E-state index contributed by atoms with van der Waals surface area (Å²) >= 11 is 3.30. The van der Waals surface area contributed by atoms with Crippen molar-refractivity contribution in [3.05, 3.63) is 76.8 Å². The fourth-order valence-electron chi connectivity index (χ4n) is 2.23. The third-order valence-corrected chi connectivity index (χ3v) is 3.99. The molecule has 0 saturated heterocycles. The van der Waals surface area contributed by atoms with Crippen LogP contribution in [0.1, 0.15) is 5.56 Å². The minimum Gasteiger partial charge on any atom is -0.318 e. The Balaban J connectivity index is 1.59. The Morgan fingerprint density at radius 2 is 1.60 bits per heavy atom. The smallest absolute Gasteiger partial charge is 0.318 e. The van der Waals surface area contributed by atoms with Crippen molar-refractivity contribution in [1.82, 2.24) is 5.43 Å². The lowest BCUT2D eigenvalue weighted by Gasteiger charge is -2.04. The van der Waals surface area contributed by atoms with Crippen LogP contribution in [0.3, 0.4) is 0 Å². The van der Waals surface area contributed by atoms with Gasteiger partial charge in [-0.3, -0.25) is 9.59 Å². The van der Waals surface area contributed by atoms with Crippen LogP contribution in [0.25, 0.3) is 10.8 Å². The highest BCUT2D eigenvalue weighted by atomic mass is 79.9. The van der Waals surface area contributed by atoms with Gasteiger partial charge in [-0.1, -0.05) is 52.3 Å². The summed E-state index contributed by atoms with van der Waals surface area (Å²) < 4.78 is 0.884. The van der Waals surface area contributed by atoms with Crippen LogP contribution < -0.4 is 10.7 Å². The quantitative estimate of drug-likeness (QED) is 0.403. The zero-order valence-corrected chi connectivity index (χ0v) is 14.7. The van der Waals surface area contributed by atoms with Gasteiger partial charge in [-0.05, 0) is 46.7 Å². The second-order valence-electron chi connectivity index (χ2n) is 5.27. The first-order chi connectivity index (χ1) is 12.1. The fraction of sp³-hybridized carbons (Fsp3) is 0. The number of nitrogens with zero attached hydrogens (tertiary/aromatic N) is 1. The Hall–Kier alpha value is -2.99. The van der Waals surface area contributed by atoms with Crippen molar-refractivity contribution in [2.75, 3.05) is 5.32 Å². The summed E-state index contributed by atoms with van der Waals surface area (Å²) in [5.41, 5.74) is 3.58. The van der Waals surface area contributed by atoms with Gasteiger partial charge < -0.3 is 5.32 Å². The summed E-state index contributed by atoms with van der Waals surface area (Å²) in [7, 11) is 0.